The minimum absolute atomic E-state index is 0.0956. The summed E-state index contributed by atoms with van der Waals surface area (Å²) in [6.07, 6.45) is -9.41. The molecule has 312 valence electrons. The molecular weight excluding hydrogens is 820 g/mol. The Bertz CT molecular complexity index is 2530. The van der Waals surface area contributed by atoms with Crippen molar-refractivity contribution in [3.63, 3.8) is 0 Å². The molecule has 0 fully saturated rings. The standard InChI is InChI=1S/2C18H13F4N5O3/c2*1-8-5-9(19)14-11(6-8)30-7-10(16(28)25-14)23-17(29)15-24-13-4-2-3-12(18(20,21)22)27(13)26-15/h2*2-6,10H,7H2,1H3,(H,23,29)(H,25,28)/t2*10-/m00/s1. The zero-order valence-corrected chi connectivity index (χ0v) is 30.5. The summed E-state index contributed by atoms with van der Waals surface area (Å²) in [5.41, 5.74) is -1.80. The van der Waals surface area contributed by atoms with Crippen LogP contribution in [0, 0.1) is 25.5 Å². The summed E-state index contributed by atoms with van der Waals surface area (Å²) in [5.74, 6) is -5.84. The van der Waals surface area contributed by atoms with Crippen molar-refractivity contribution >= 4 is 46.3 Å². The molecule has 2 atom stereocenters. The first-order chi connectivity index (χ1) is 28.3. The molecule has 0 spiro atoms. The number of benzene rings is 2. The average molecular weight is 847 g/mol. The van der Waals surface area contributed by atoms with Crippen molar-refractivity contribution in [2.75, 3.05) is 23.8 Å². The van der Waals surface area contributed by atoms with E-state index in [0.29, 0.717) is 20.2 Å². The van der Waals surface area contributed by atoms with Crippen molar-refractivity contribution in [1.29, 1.82) is 0 Å². The molecule has 0 saturated heterocycles. The topological polar surface area (TPSA) is 195 Å². The van der Waals surface area contributed by atoms with Crippen LogP contribution in [0.2, 0.25) is 0 Å². The van der Waals surface area contributed by atoms with E-state index in [1.807, 2.05) is 0 Å². The first-order valence-corrected chi connectivity index (χ1v) is 17.2. The minimum Gasteiger partial charge on any atom is -0.489 e. The highest BCUT2D eigenvalue weighted by atomic mass is 19.4. The first kappa shape index (κ1) is 40.8. The van der Waals surface area contributed by atoms with Gasteiger partial charge in [0, 0.05) is 0 Å². The molecule has 6 aromatic rings. The molecule has 4 amide bonds. The second kappa shape index (κ2) is 15.4. The van der Waals surface area contributed by atoms with Gasteiger partial charge < -0.3 is 30.7 Å². The molecule has 2 aliphatic heterocycles. The summed E-state index contributed by atoms with van der Waals surface area (Å²) < 4.78 is 119. The van der Waals surface area contributed by atoms with Crippen molar-refractivity contribution in [2.24, 2.45) is 0 Å². The number of rotatable bonds is 4. The Labute approximate surface area is 329 Å². The zero-order chi connectivity index (χ0) is 43.3. The van der Waals surface area contributed by atoms with Gasteiger partial charge in [0.05, 0.1) is 0 Å². The fourth-order valence-corrected chi connectivity index (χ4v) is 5.90. The van der Waals surface area contributed by atoms with Crippen LogP contribution >= 0.6 is 0 Å². The van der Waals surface area contributed by atoms with Gasteiger partial charge in [-0.25, -0.2) is 27.8 Å². The summed E-state index contributed by atoms with van der Waals surface area (Å²) in [4.78, 5) is 57.2. The normalized spacial score (nSPS) is 16.4. The van der Waals surface area contributed by atoms with Gasteiger partial charge in [-0.2, -0.15) is 26.3 Å². The lowest BCUT2D eigenvalue weighted by molar-refractivity contribution is -0.143. The number of aromatic nitrogens is 6. The lowest BCUT2D eigenvalue weighted by atomic mass is 10.2. The van der Waals surface area contributed by atoms with Gasteiger partial charge in [0.25, 0.3) is 23.6 Å². The molecular formula is C36H26F8N10O6. The SMILES string of the molecule is Cc1cc(F)c2c(c1)OC[C@H](NC(=O)c1nc3cccc(C(F)(F)F)n3n1)C(=O)N2.Cc1cc(F)c2c(c1)OC[C@H](NC(=O)c1nc3cccc(C(F)(F)F)n3n1)C(=O)N2. The maximum Gasteiger partial charge on any atom is 0.433 e. The number of nitrogens with zero attached hydrogens (tertiary/aromatic N) is 6. The van der Waals surface area contributed by atoms with Crippen LogP contribution in [0.1, 0.15) is 43.8 Å². The third kappa shape index (κ3) is 8.28. The van der Waals surface area contributed by atoms with Crippen LogP contribution in [0.25, 0.3) is 11.3 Å². The summed E-state index contributed by atoms with van der Waals surface area (Å²) in [6, 6.07) is 9.31. The number of hydrogen-bond donors (Lipinski definition) is 4. The molecule has 0 unspecified atom stereocenters. The summed E-state index contributed by atoms with van der Waals surface area (Å²) in [7, 11) is 0. The summed E-state index contributed by atoms with van der Waals surface area (Å²) >= 11 is 0. The van der Waals surface area contributed by atoms with Crippen molar-refractivity contribution < 1.29 is 63.8 Å². The Morgan fingerprint density at radius 2 is 1.05 bits per heavy atom. The van der Waals surface area contributed by atoms with E-state index in [4.69, 9.17) is 9.47 Å². The number of carbonyl (C=O) groups excluding carboxylic acids is 4. The number of nitrogens with one attached hydrogen (secondary N) is 4. The molecule has 24 heteroatoms. The fourth-order valence-electron chi connectivity index (χ4n) is 5.90. The van der Waals surface area contributed by atoms with E-state index < -0.39 is 82.7 Å². The Kier molecular flexibility index (Phi) is 10.5. The Balaban J connectivity index is 0.000000181. The largest absolute Gasteiger partial charge is 0.489 e. The van der Waals surface area contributed by atoms with Gasteiger partial charge in [-0.15, -0.1) is 10.2 Å². The van der Waals surface area contributed by atoms with E-state index in [1.54, 1.807) is 13.8 Å². The predicted molar refractivity (Wildman–Crippen MR) is 189 cm³/mol. The average Bonchev–Trinajstić information content (AvgIpc) is 3.74. The first-order valence-electron chi connectivity index (χ1n) is 17.2. The van der Waals surface area contributed by atoms with Crippen LogP contribution in [-0.2, 0) is 21.9 Å². The third-order valence-corrected chi connectivity index (χ3v) is 8.65. The van der Waals surface area contributed by atoms with E-state index in [9.17, 15) is 54.3 Å². The van der Waals surface area contributed by atoms with Crippen LogP contribution in [0.15, 0.2) is 60.7 Å². The molecule has 8 rings (SSSR count). The molecule has 0 aliphatic carbocycles. The molecule has 4 N–H and O–H groups in total. The van der Waals surface area contributed by atoms with E-state index in [-0.39, 0.29) is 47.4 Å². The number of fused-ring (bicyclic) bond motifs is 4. The second-order valence-corrected chi connectivity index (χ2v) is 13.1. The number of aryl methyl sites for hydroxylation is 2. The molecule has 0 radical (unpaired) electrons. The molecule has 0 saturated carbocycles. The predicted octanol–water partition coefficient (Wildman–Crippen LogP) is 4.65. The van der Waals surface area contributed by atoms with Gasteiger partial charge >= 0.3 is 12.4 Å². The number of halogens is 8. The molecule has 2 aromatic carbocycles. The lowest BCUT2D eigenvalue weighted by Crippen LogP contribution is -2.46. The number of anilines is 2. The van der Waals surface area contributed by atoms with Gasteiger partial charge in [-0.05, 0) is 73.5 Å². The van der Waals surface area contributed by atoms with Gasteiger partial charge in [0.1, 0.15) is 59.6 Å². The number of amides is 4. The molecule has 16 nitrogen and oxygen atoms in total. The van der Waals surface area contributed by atoms with Crippen molar-refractivity contribution in [1.82, 2.24) is 39.8 Å². The molecule has 4 aromatic heterocycles. The van der Waals surface area contributed by atoms with Crippen molar-refractivity contribution in [3.05, 3.63) is 106 Å². The number of pyridine rings is 2. The molecule has 6 heterocycles. The van der Waals surface area contributed by atoms with Gasteiger partial charge in [-0.3, -0.25) is 19.2 Å². The summed E-state index contributed by atoms with van der Waals surface area (Å²) in [6.45, 7) is 2.63. The van der Waals surface area contributed by atoms with Gasteiger partial charge in [-0.1, -0.05) is 12.1 Å². The highest BCUT2D eigenvalue weighted by Gasteiger charge is 2.37. The second-order valence-electron chi connectivity index (χ2n) is 13.1. The van der Waals surface area contributed by atoms with Crippen molar-refractivity contribution in [3.8, 4) is 11.5 Å². The number of carbonyl (C=O) groups is 4. The van der Waals surface area contributed by atoms with Crippen LogP contribution in [0.5, 0.6) is 11.5 Å². The number of ether oxygens (including phenoxy) is 2. The number of alkyl halides is 6. The van der Waals surface area contributed by atoms with Crippen LogP contribution in [0.4, 0.5) is 46.5 Å². The Morgan fingerprint density at radius 3 is 1.42 bits per heavy atom. The molecule has 2 aliphatic rings. The van der Waals surface area contributed by atoms with Crippen LogP contribution < -0.4 is 30.7 Å². The highest BCUT2D eigenvalue weighted by molar-refractivity contribution is 6.02. The Morgan fingerprint density at radius 1 is 0.667 bits per heavy atom. The van der Waals surface area contributed by atoms with E-state index >= 15 is 0 Å². The van der Waals surface area contributed by atoms with Crippen molar-refractivity contribution in [2.45, 2.75) is 38.3 Å². The van der Waals surface area contributed by atoms with E-state index in [0.717, 1.165) is 24.3 Å². The summed E-state index contributed by atoms with van der Waals surface area (Å²) in [5, 5.41) is 16.5. The van der Waals surface area contributed by atoms with Crippen LogP contribution in [-0.4, -0.2) is 78.1 Å². The van der Waals surface area contributed by atoms with Gasteiger partial charge in [0.2, 0.25) is 11.6 Å². The minimum atomic E-state index is -4.70. The molecule has 0 bridgehead atoms. The van der Waals surface area contributed by atoms with E-state index in [1.165, 1.54) is 36.4 Å². The van der Waals surface area contributed by atoms with Crippen LogP contribution in [0.3, 0.4) is 0 Å². The maximum atomic E-state index is 14.1. The highest BCUT2D eigenvalue weighted by Crippen LogP contribution is 2.33. The monoisotopic (exact) mass is 846 g/mol. The smallest absolute Gasteiger partial charge is 0.433 e. The lowest BCUT2D eigenvalue weighted by Gasteiger charge is -2.13. The zero-order valence-electron chi connectivity index (χ0n) is 30.5. The quantitative estimate of drug-likeness (QED) is 0.182. The molecule has 60 heavy (non-hydrogen) atoms. The maximum absolute atomic E-state index is 14.1. The Hall–Kier alpha value is -7.40. The van der Waals surface area contributed by atoms with E-state index in [2.05, 4.69) is 41.4 Å². The number of hydrogen-bond acceptors (Lipinski definition) is 10. The third-order valence-electron chi connectivity index (χ3n) is 8.65. The fraction of sp³-hybridized carbons (Fsp3) is 0.222. The van der Waals surface area contributed by atoms with Gasteiger partial charge in [0.15, 0.2) is 22.9 Å².